The Morgan fingerprint density at radius 2 is 1.45 bits per heavy atom. The van der Waals surface area contributed by atoms with E-state index >= 15 is 0 Å². The average Bonchev–Trinajstić information content (AvgIpc) is 3.18. The fourth-order valence-corrected chi connectivity index (χ4v) is 3.53. The van der Waals surface area contributed by atoms with E-state index in [9.17, 15) is 14.8 Å². The molecule has 0 fully saturated rings. The molecule has 7 heteroatoms. The number of fused-ring (bicyclic) bond motifs is 1. The van der Waals surface area contributed by atoms with Gasteiger partial charge in [0.25, 0.3) is 0 Å². The monoisotopic (exact) mass is 390 g/mol. The molecule has 2 heterocycles. The Bertz CT molecular complexity index is 1220. The number of hydrogen-bond acceptors (Lipinski definition) is 4. The molecule has 0 aliphatic carbocycles. The van der Waals surface area contributed by atoms with E-state index in [1.165, 1.54) is 10.1 Å². The zero-order valence-corrected chi connectivity index (χ0v) is 15.9. The lowest BCUT2D eigenvalue weighted by atomic mass is 10.1. The molecule has 0 aliphatic rings. The van der Waals surface area contributed by atoms with Crippen LogP contribution >= 0.6 is 0 Å². The van der Waals surface area contributed by atoms with E-state index < -0.39 is 11.2 Å². The Balaban J connectivity index is 1.62. The Hall–Kier alpha value is -3.61. The van der Waals surface area contributed by atoms with Crippen LogP contribution in [0.4, 0.5) is 0 Å². The van der Waals surface area contributed by atoms with Crippen LogP contribution in [0.5, 0.6) is 0 Å². The zero-order valence-electron chi connectivity index (χ0n) is 15.9. The number of benzene rings is 2. The van der Waals surface area contributed by atoms with Crippen molar-refractivity contribution in [2.45, 2.75) is 32.4 Å². The summed E-state index contributed by atoms with van der Waals surface area (Å²) in [6, 6.07) is 19.9. The average molecular weight is 390 g/mol. The van der Waals surface area contributed by atoms with E-state index in [2.05, 4.69) is 4.98 Å². The highest BCUT2D eigenvalue weighted by atomic mass is 16.5. The Morgan fingerprint density at radius 1 is 0.828 bits per heavy atom. The van der Waals surface area contributed by atoms with Gasteiger partial charge in [-0.25, -0.2) is 9.78 Å². The quantitative estimate of drug-likeness (QED) is 0.492. The van der Waals surface area contributed by atoms with Crippen LogP contribution in [0, 0.1) is 0 Å². The largest absolute Gasteiger partial charge is 0.421 e. The lowest BCUT2D eigenvalue weighted by Crippen LogP contribution is -2.39. The predicted octanol–water partition coefficient (Wildman–Crippen LogP) is 2.47. The molecule has 7 nitrogen and oxygen atoms in total. The summed E-state index contributed by atoms with van der Waals surface area (Å²) in [6.45, 7) is 0.888. The molecular weight excluding hydrogens is 368 g/mol. The van der Waals surface area contributed by atoms with Crippen molar-refractivity contribution in [1.29, 1.82) is 0 Å². The van der Waals surface area contributed by atoms with E-state index in [1.807, 2.05) is 60.7 Å². The summed E-state index contributed by atoms with van der Waals surface area (Å²) in [4.78, 5) is 29.3. The molecule has 2 aromatic carbocycles. The van der Waals surface area contributed by atoms with Crippen molar-refractivity contribution in [2.24, 2.45) is 0 Å². The van der Waals surface area contributed by atoms with Gasteiger partial charge in [0.15, 0.2) is 11.2 Å². The highest BCUT2D eigenvalue weighted by Gasteiger charge is 2.17. The summed E-state index contributed by atoms with van der Waals surface area (Å²) in [7, 11) is 0. The third-order valence-corrected chi connectivity index (χ3v) is 5.06. The lowest BCUT2D eigenvalue weighted by molar-refractivity contribution is 0.156. The molecule has 0 saturated heterocycles. The second-order valence-electron chi connectivity index (χ2n) is 6.99. The van der Waals surface area contributed by atoms with Crippen LogP contribution in [0.15, 0.2) is 76.6 Å². The van der Waals surface area contributed by atoms with Crippen molar-refractivity contribution in [3.05, 3.63) is 99.0 Å². The molecule has 148 valence electrons. The standard InChI is InChI=1S/C22H22N4O3/c27-21-19-20(23-16-24(19)15-13-18-10-5-2-6-11-18)25(22(28)26(21)29)14-7-12-17-8-3-1-4-9-17/h1-6,8-11,16,29H,7,12-15H2. The number of rotatable bonds is 7. The molecule has 0 aliphatic heterocycles. The molecular formula is C22H22N4O3. The molecule has 0 saturated carbocycles. The molecule has 4 aromatic rings. The number of imidazole rings is 1. The molecule has 1 N–H and O–H groups in total. The van der Waals surface area contributed by atoms with Crippen LogP contribution in [-0.4, -0.2) is 24.1 Å². The number of hydrogen-bond donors (Lipinski definition) is 1. The van der Waals surface area contributed by atoms with Crippen molar-refractivity contribution < 1.29 is 5.21 Å². The van der Waals surface area contributed by atoms with Gasteiger partial charge in [0.05, 0.1) is 6.33 Å². The van der Waals surface area contributed by atoms with E-state index in [4.69, 9.17) is 0 Å². The minimum atomic E-state index is -0.760. The van der Waals surface area contributed by atoms with Crippen LogP contribution in [0.1, 0.15) is 17.5 Å². The summed E-state index contributed by atoms with van der Waals surface area (Å²) in [5.41, 5.74) is 1.35. The van der Waals surface area contributed by atoms with Gasteiger partial charge in [-0.05, 0) is 30.4 Å². The van der Waals surface area contributed by atoms with E-state index in [0.29, 0.717) is 31.6 Å². The first-order valence-corrected chi connectivity index (χ1v) is 9.63. The van der Waals surface area contributed by atoms with Gasteiger partial charge in [-0.1, -0.05) is 65.4 Å². The second-order valence-corrected chi connectivity index (χ2v) is 6.99. The first-order valence-electron chi connectivity index (χ1n) is 9.63. The number of aryl methyl sites for hydroxylation is 4. The van der Waals surface area contributed by atoms with Gasteiger partial charge in [0.1, 0.15) is 0 Å². The summed E-state index contributed by atoms with van der Waals surface area (Å²) < 4.78 is 3.26. The van der Waals surface area contributed by atoms with Crippen LogP contribution in [0.2, 0.25) is 0 Å². The Kier molecular flexibility index (Phi) is 5.29. The van der Waals surface area contributed by atoms with Crippen molar-refractivity contribution >= 4 is 11.2 Å². The first kappa shape index (κ1) is 18.7. The maximum absolute atomic E-state index is 12.5. The number of aromatic nitrogens is 4. The summed E-state index contributed by atoms with van der Waals surface area (Å²) in [5, 5.41) is 10.1. The Labute approximate surface area is 167 Å². The Morgan fingerprint density at radius 3 is 2.10 bits per heavy atom. The molecule has 0 bridgehead atoms. The summed E-state index contributed by atoms with van der Waals surface area (Å²) >= 11 is 0. The van der Waals surface area contributed by atoms with Crippen molar-refractivity contribution in [2.75, 3.05) is 0 Å². The first-order chi connectivity index (χ1) is 14.1. The SMILES string of the molecule is O=c1c2c(ncn2CCc2ccccc2)n(CCCc2ccccc2)c(=O)n1O. The fraction of sp³-hybridized carbons (Fsp3) is 0.227. The lowest BCUT2D eigenvalue weighted by Gasteiger charge is -2.09. The van der Waals surface area contributed by atoms with Gasteiger partial charge in [0, 0.05) is 13.1 Å². The summed E-state index contributed by atoms with van der Waals surface area (Å²) in [6.07, 6.45) is 3.74. The molecule has 29 heavy (non-hydrogen) atoms. The van der Waals surface area contributed by atoms with Crippen LogP contribution in [-0.2, 0) is 25.9 Å². The highest BCUT2D eigenvalue weighted by molar-refractivity contribution is 5.70. The third kappa shape index (κ3) is 3.85. The fourth-order valence-electron chi connectivity index (χ4n) is 3.53. The van der Waals surface area contributed by atoms with E-state index in [-0.39, 0.29) is 10.2 Å². The van der Waals surface area contributed by atoms with Crippen LogP contribution < -0.4 is 11.2 Å². The van der Waals surface area contributed by atoms with Gasteiger partial charge in [-0.15, -0.1) is 0 Å². The van der Waals surface area contributed by atoms with Gasteiger partial charge in [-0.3, -0.25) is 9.36 Å². The van der Waals surface area contributed by atoms with Crippen LogP contribution in [0.25, 0.3) is 11.2 Å². The van der Waals surface area contributed by atoms with Gasteiger partial charge < -0.3 is 9.77 Å². The van der Waals surface area contributed by atoms with Gasteiger partial charge in [0.2, 0.25) is 0 Å². The van der Waals surface area contributed by atoms with Gasteiger partial charge in [-0.2, -0.15) is 0 Å². The zero-order chi connectivity index (χ0) is 20.2. The van der Waals surface area contributed by atoms with Gasteiger partial charge >= 0.3 is 11.2 Å². The molecule has 0 amide bonds. The van der Waals surface area contributed by atoms with Crippen molar-refractivity contribution in [3.63, 3.8) is 0 Å². The maximum atomic E-state index is 12.5. The number of nitrogens with zero attached hydrogens (tertiary/aromatic N) is 4. The molecule has 2 aromatic heterocycles. The molecule has 4 rings (SSSR count). The summed E-state index contributed by atoms with van der Waals surface area (Å²) in [5.74, 6) is 0. The van der Waals surface area contributed by atoms with E-state index in [1.54, 1.807) is 10.9 Å². The predicted molar refractivity (Wildman–Crippen MR) is 110 cm³/mol. The second kappa shape index (κ2) is 8.18. The van der Waals surface area contributed by atoms with E-state index in [0.717, 1.165) is 12.0 Å². The topological polar surface area (TPSA) is 82.0 Å². The maximum Gasteiger partial charge on any atom is 0.366 e. The molecule has 0 unspecified atom stereocenters. The minimum Gasteiger partial charge on any atom is -0.421 e. The highest BCUT2D eigenvalue weighted by Crippen LogP contribution is 2.11. The minimum absolute atomic E-state index is 0.186. The normalized spacial score (nSPS) is 11.2. The van der Waals surface area contributed by atoms with Crippen molar-refractivity contribution in [1.82, 2.24) is 18.8 Å². The molecule has 0 atom stereocenters. The molecule has 0 spiro atoms. The molecule has 0 radical (unpaired) electrons. The third-order valence-electron chi connectivity index (χ3n) is 5.06. The smallest absolute Gasteiger partial charge is 0.366 e. The van der Waals surface area contributed by atoms with Crippen molar-refractivity contribution in [3.8, 4) is 0 Å². The van der Waals surface area contributed by atoms with Crippen LogP contribution in [0.3, 0.4) is 0 Å².